The Morgan fingerprint density at radius 2 is 1.75 bits per heavy atom. The van der Waals surface area contributed by atoms with Gasteiger partial charge in [0, 0.05) is 0 Å². The average Bonchev–Trinajstić information content (AvgIpc) is 2.05. The van der Waals surface area contributed by atoms with Crippen LogP contribution in [0.1, 0.15) is 5.56 Å². The molecule has 0 saturated heterocycles. The summed E-state index contributed by atoms with van der Waals surface area (Å²) in [5, 5.41) is 8.54. The summed E-state index contributed by atoms with van der Waals surface area (Å²) in [6, 6.07) is 8.83. The molecule has 2 nitrogen and oxygen atoms in total. The molecule has 12 heavy (non-hydrogen) atoms. The molecule has 0 aromatic heterocycles. The fraction of sp³-hybridized carbons (Fsp3) is 0. The van der Waals surface area contributed by atoms with Crippen LogP contribution in [0.2, 0.25) is 0 Å². The van der Waals surface area contributed by atoms with Gasteiger partial charge in [-0.1, -0.05) is 36.9 Å². The van der Waals surface area contributed by atoms with E-state index in [4.69, 9.17) is 5.11 Å². The molecule has 0 amide bonds. The van der Waals surface area contributed by atoms with Crippen molar-refractivity contribution < 1.29 is 9.90 Å². The quantitative estimate of drug-likeness (QED) is 0.514. The van der Waals surface area contributed by atoms with Crippen LogP contribution in [0.4, 0.5) is 0 Å². The summed E-state index contributed by atoms with van der Waals surface area (Å²) in [6.07, 6.45) is 0. The Morgan fingerprint density at radius 1 is 1.25 bits per heavy atom. The van der Waals surface area contributed by atoms with Crippen molar-refractivity contribution in [1.82, 2.24) is 0 Å². The molecule has 1 rings (SSSR count). The van der Waals surface area contributed by atoms with Crippen molar-refractivity contribution in [1.29, 1.82) is 0 Å². The molecular weight excluding hydrogens is 147 g/mol. The van der Waals surface area contributed by atoms with Crippen LogP contribution in [-0.4, -0.2) is 29.9 Å². The molecule has 0 aliphatic rings. The standard InChI is InChI=1S/C9H8O2.Li.H/c1-7(9(10)11)8-5-3-2-4-6-8;;/h2-6H,1H2,(H,10,11);;. The molecule has 0 unspecified atom stereocenters. The van der Waals surface area contributed by atoms with Gasteiger partial charge in [0.15, 0.2) is 0 Å². The minimum absolute atomic E-state index is 0. The van der Waals surface area contributed by atoms with E-state index >= 15 is 0 Å². The Balaban J connectivity index is 0.00000121. The first-order valence-electron chi connectivity index (χ1n) is 3.19. The molecule has 0 aliphatic carbocycles. The molecule has 1 aromatic rings. The second-order valence-electron chi connectivity index (χ2n) is 2.15. The zero-order valence-corrected chi connectivity index (χ0v) is 5.95. The topological polar surface area (TPSA) is 37.3 Å². The second-order valence-corrected chi connectivity index (χ2v) is 2.15. The van der Waals surface area contributed by atoms with Crippen LogP contribution < -0.4 is 0 Å². The van der Waals surface area contributed by atoms with Crippen LogP contribution >= 0.6 is 0 Å². The molecule has 0 radical (unpaired) electrons. The van der Waals surface area contributed by atoms with Crippen molar-refractivity contribution >= 4 is 30.4 Å². The molecule has 0 fully saturated rings. The molecule has 0 aliphatic heterocycles. The van der Waals surface area contributed by atoms with E-state index in [1.807, 2.05) is 6.07 Å². The van der Waals surface area contributed by atoms with Gasteiger partial charge < -0.3 is 5.11 Å². The van der Waals surface area contributed by atoms with Gasteiger partial charge in [-0.2, -0.15) is 0 Å². The molecule has 0 bridgehead atoms. The third-order valence-electron chi connectivity index (χ3n) is 1.38. The van der Waals surface area contributed by atoms with Crippen molar-refractivity contribution in [3.8, 4) is 0 Å². The van der Waals surface area contributed by atoms with E-state index in [9.17, 15) is 4.79 Å². The molecule has 0 atom stereocenters. The summed E-state index contributed by atoms with van der Waals surface area (Å²) in [4.78, 5) is 10.4. The van der Waals surface area contributed by atoms with Crippen molar-refractivity contribution in [2.45, 2.75) is 0 Å². The number of rotatable bonds is 2. The Hall–Kier alpha value is -0.973. The number of carboxylic acid groups (broad SMARTS) is 1. The van der Waals surface area contributed by atoms with Gasteiger partial charge in [-0.3, -0.25) is 0 Å². The summed E-state index contributed by atoms with van der Waals surface area (Å²) in [7, 11) is 0. The number of hydrogen-bond donors (Lipinski definition) is 1. The minimum atomic E-state index is -0.976. The van der Waals surface area contributed by atoms with Crippen molar-refractivity contribution in [2.75, 3.05) is 0 Å². The Bertz CT molecular complexity index is 280. The number of aliphatic carboxylic acids is 1. The first kappa shape index (κ1) is 11.0. The SMILES string of the molecule is C=C(C(=O)O)c1ccccc1.[LiH]. The van der Waals surface area contributed by atoms with E-state index < -0.39 is 5.97 Å². The molecule has 1 N–H and O–H groups in total. The Labute approximate surface area is 83.1 Å². The van der Waals surface area contributed by atoms with Crippen molar-refractivity contribution in [2.24, 2.45) is 0 Å². The fourth-order valence-corrected chi connectivity index (χ4v) is 0.763. The maximum atomic E-state index is 10.4. The van der Waals surface area contributed by atoms with Crippen LogP contribution in [-0.2, 0) is 4.79 Å². The van der Waals surface area contributed by atoms with Gasteiger partial charge in [0.2, 0.25) is 0 Å². The third-order valence-corrected chi connectivity index (χ3v) is 1.38. The molecular formula is C9H9LiO2. The molecule has 0 heterocycles. The van der Waals surface area contributed by atoms with Crippen LogP contribution in [0.5, 0.6) is 0 Å². The summed E-state index contributed by atoms with van der Waals surface area (Å²) >= 11 is 0. The third kappa shape index (κ3) is 2.58. The van der Waals surface area contributed by atoms with Gasteiger partial charge in [-0.25, -0.2) is 4.79 Å². The van der Waals surface area contributed by atoms with Gasteiger partial charge in [-0.05, 0) is 5.56 Å². The van der Waals surface area contributed by atoms with Crippen molar-refractivity contribution in [3.63, 3.8) is 0 Å². The van der Waals surface area contributed by atoms with Crippen molar-refractivity contribution in [3.05, 3.63) is 42.5 Å². The summed E-state index contributed by atoms with van der Waals surface area (Å²) < 4.78 is 0. The number of hydrogen-bond acceptors (Lipinski definition) is 1. The number of carboxylic acids is 1. The van der Waals surface area contributed by atoms with E-state index in [0.29, 0.717) is 5.56 Å². The van der Waals surface area contributed by atoms with Gasteiger partial charge in [0.05, 0.1) is 5.57 Å². The summed E-state index contributed by atoms with van der Waals surface area (Å²) in [5.41, 5.74) is 0.783. The van der Waals surface area contributed by atoms with E-state index in [2.05, 4.69) is 6.58 Å². The first-order chi connectivity index (χ1) is 5.22. The first-order valence-corrected chi connectivity index (χ1v) is 3.19. The normalized spacial score (nSPS) is 8.33. The second kappa shape index (κ2) is 4.82. The van der Waals surface area contributed by atoms with Crippen LogP contribution in [0.15, 0.2) is 36.9 Å². The fourth-order valence-electron chi connectivity index (χ4n) is 0.763. The van der Waals surface area contributed by atoms with Gasteiger partial charge in [0.25, 0.3) is 0 Å². The van der Waals surface area contributed by atoms with Gasteiger partial charge >= 0.3 is 24.8 Å². The predicted molar refractivity (Wildman–Crippen MR) is 50.3 cm³/mol. The zero-order valence-electron chi connectivity index (χ0n) is 5.95. The monoisotopic (exact) mass is 156 g/mol. The molecule has 3 heteroatoms. The molecule has 0 spiro atoms. The Morgan fingerprint density at radius 3 is 2.17 bits per heavy atom. The van der Waals surface area contributed by atoms with E-state index in [-0.39, 0.29) is 24.4 Å². The average molecular weight is 156 g/mol. The molecule has 58 valence electrons. The summed E-state index contributed by atoms with van der Waals surface area (Å²) in [5.74, 6) is -0.976. The predicted octanol–water partition coefficient (Wildman–Crippen LogP) is 1.14. The van der Waals surface area contributed by atoms with E-state index in [1.165, 1.54) is 0 Å². The van der Waals surface area contributed by atoms with Crippen LogP contribution in [0.25, 0.3) is 5.57 Å². The van der Waals surface area contributed by atoms with Crippen LogP contribution in [0, 0.1) is 0 Å². The molecule has 0 saturated carbocycles. The Kier molecular flexibility index (Phi) is 4.42. The maximum absolute atomic E-state index is 10.4. The van der Waals surface area contributed by atoms with Gasteiger partial charge in [-0.15, -0.1) is 0 Å². The summed E-state index contributed by atoms with van der Waals surface area (Å²) in [6.45, 7) is 3.42. The van der Waals surface area contributed by atoms with Gasteiger partial charge in [0.1, 0.15) is 0 Å². The van der Waals surface area contributed by atoms with E-state index in [0.717, 1.165) is 0 Å². The molecule has 1 aromatic carbocycles. The number of carbonyl (C=O) groups is 1. The number of benzene rings is 1. The van der Waals surface area contributed by atoms with Crippen LogP contribution in [0.3, 0.4) is 0 Å². The zero-order chi connectivity index (χ0) is 8.27. The van der Waals surface area contributed by atoms with E-state index in [1.54, 1.807) is 24.3 Å².